The summed E-state index contributed by atoms with van der Waals surface area (Å²) in [6.07, 6.45) is 4.20. The highest BCUT2D eigenvalue weighted by atomic mass is 32.2. The van der Waals surface area contributed by atoms with Gasteiger partial charge >= 0.3 is 0 Å². The van der Waals surface area contributed by atoms with Gasteiger partial charge in [0.2, 0.25) is 11.8 Å². The molecule has 0 unspecified atom stereocenters. The van der Waals surface area contributed by atoms with Crippen LogP contribution in [0.4, 0.5) is 4.39 Å². The van der Waals surface area contributed by atoms with E-state index in [2.05, 4.69) is 34.5 Å². The number of aromatic nitrogens is 2. The van der Waals surface area contributed by atoms with Gasteiger partial charge in [0.15, 0.2) is 0 Å². The molecule has 0 aliphatic rings. The predicted octanol–water partition coefficient (Wildman–Crippen LogP) is 4.82. The minimum Gasteiger partial charge on any atom is -0.420 e. The Labute approximate surface area is 138 Å². The van der Waals surface area contributed by atoms with Crippen LogP contribution in [-0.4, -0.2) is 16.0 Å². The molecular weight excluding hydrogens is 311 g/mol. The Bertz CT molecular complexity index is 769. The molecule has 0 bridgehead atoms. The Morgan fingerprint density at radius 3 is 2.57 bits per heavy atom. The zero-order valence-corrected chi connectivity index (χ0v) is 13.2. The highest BCUT2D eigenvalue weighted by Crippen LogP contribution is 2.20. The van der Waals surface area contributed by atoms with Crippen LogP contribution in [0.25, 0.3) is 17.5 Å². The molecule has 0 amide bonds. The maximum absolute atomic E-state index is 12.9. The molecular formula is C18H15FN2OS. The lowest BCUT2D eigenvalue weighted by atomic mass is 10.2. The van der Waals surface area contributed by atoms with Crippen LogP contribution < -0.4 is 0 Å². The van der Waals surface area contributed by atoms with Gasteiger partial charge in [-0.2, -0.15) is 0 Å². The minimum atomic E-state index is -0.283. The molecule has 0 spiro atoms. The van der Waals surface area contributed by atoms with Crippen LogP contribution in [0, 0.1) is 5.82 Å². The van der Waals surface area contributed by atoms with E-state index in [1.165, 1.54) is 17.7 Å². The average Bonchev–Trinajstić information content (AvgIpc) is 3.05. The molecule has 0 aliphatic carbocycles. The number of halogens is 1. The standard InChI is InChI=1S/C18H15FN2OS/c19-16-10-8-15(9-11-16)18-21-20-17(22-18)13-23-12-4-7-14-5-2-1-3-6-14/h1-11H,12-13H2/b7-4-. The maximum Gasteiger partial charge on any atom is 0.247 e. The average molecular weight is 326 g/mol. The van der Waals surface area contributed by atoms with Crippen LogP contribution >= 0.6 is 11.8 Å². The number of hydrogen-bond donors (Lipinski definition) is 0. The fourth-order valence-electron chi connectivity index (χ4n) is 1.98. The van der Waals surface area contributed by atoms with E-state index in [0.717, 1.165) is 11.3 Å². The van der Waals surface area contributed by atoms with E-state index in [1.807, 2.05) is 18.2 Å². The number of benzene rings is 2. The van der Waals surface area contributed by atoms with Crippen LogP contribution in [0.2, 0.25) is 0 Å². The smallest absolute Gasteiger partial charge is 0.247 e. The summed E-state index contributed by atoms with van der Waals surface area (Å²) in [6, 6.07) is 16.2. The van der Waals surface area contributed by atoms with Gasteiger partial charge < -0.3 is 4.42 Å². The molecule has 0 saturated heterocycles. The fraction of sp³-hybridized carbons (Fsp3) is 0.111. The summed E-state index contributed by atoms with van der Waals surface area (Å²) >= 11 is 1.69. The first-order valence-electron chi connectivity index (χ1n) is 7.19. The van der Waals surface area contributed by atoms with Gasteiger partial charge in [0.05, 0.1) is 5.75 Å². The first-order chi connectivity index (χ1) is 11.3. The van der Waals surface area contributed by atoms with E-state index in [1.54, 1.807) is 23.9 Å². The Hall–Kier alpha value is -2.40. The molecule has 116 valence electrons. The van der Waals surface area contributed by atoms with Crippen LogP contribution in [0.1, 0.15) is 11.5 Å². The third-order valence-electron chi connectivity index (χ3n) is 3.11. The molecule has 5 heteroatoms. The SMILES string of the molecule is Fc1ccc(-c2nnc(CSC/C=C\c3ccccc3)o2)cc1. The van der Waals surface area contributed by atoms with Crippen molar-refractivity contribution in [3.8, 4) is 11.5 Å². The lowest BCUT2D eigenvalue weighted by Gasteiger charge is -1.95. The van der Waals surface area contributed by atoms with E-state index in [9.17, 15) is 4.39 Å². The van der Waals surface area contributed by atoms with Crippen molar-refractivity contribution in [2.45, 2.75) is 5.75 Å². The third-order valence-corrected chi connectivity index (χ3v) is 3.99. The summed E-state index contributed by atoms with van der Waals surface area (Å²) in [5.74, 6) is 2.22. The van der Waals surface area contributed by atoms with Gasteiger partial charge in [-0.05, 0) is 29.8 Å². The van der Waals surface area contributed by atoms with Crippen LogP contribution in [0.15, 0.2) is 65.1 Å². The van der Waals surface area contributed by atoms with Crippen LogP contribution in [0.3, 0.4) is 0 Å². The van der Waals surface area contributed by atoms with Crippen molar-refractivity contribution in [2.24, 2.45) is 0 Å². The summed E-state index contributed by atoms with van der Waals surface area (Å²) in [4.78, 5) is 0. The van der Waals surface area contributed by atoms with Gasteiger partial charge in [-0.15, -0.1) is 22.0 Å². The largest absolute Gasteiger partial charge is 0.420 e. The van der Waals surface area contributed by atoms with Crippen LogP contribution in [-0.2, 0) is 5.75 Å². The molecule has 1 aromatic heterocycles. The second-order valence-electron chi connectivity index (χ2n) is 4.84. The van der Waals surface area contributed by atoms with Crippen molar-refractivity contribution in [1.29, 1.82) is 0 Å². The number of rotatable bonds is 6. The molecule has 0 saturated carbocycles. The molecule has 0 aliphatic heterocycles. The second kappa shape index (κ2) is 7.74. The summed E-state index contributed by atoms with van der Waals surface area (Å²) in [6.45, 7) is 0. The normalized spacial score (nSPS) is 11.2. The quantitative estimate of drug-likeness (QED) is 0.609. The fourth-order valence-corrected chi connectivity index (χ4v) is 2.63. The molecule has 3 nitrogen and oxygen atoms in total. The molecule has 0 N–H and O–H groups in total. The van der Waals surface area contributed by atoms with Crippen molar-refractivity contribution in [3.05, 3.63) is 77.9 Å². The molecule has 3 aromatic rings. The Morgan fingerprint density at radius 1 is 1.00 bits per heavy atom. The van der Waals surface area contributed by atoms with Crippen molar-refractivity contribution in [1.82, 2.24) is 10.2 Å². The first kappa shape index (κ1) is 15.5. The van der Waals surface area contributed by atoms with Gasteiger partial charge in [-0.1, -0.05) is 42.5 Å². The van der Waals surface area contributed by atoms with Crippen molar-refractivity contribution in [3.63, 3.8) is 0 Å². The van der Waals surface area contributed by atoms with E-state index in [-0.39, 0.29) is 5.82 Å². The number of thioether (sulfide) groups is 1. The minimum absolute atomic E-state index is 0.283. The van der Waals surface area contributed by atoms with E-state index in [0.29, 0.717) is 17.5 Å². The van der Waals surface area contributed by atoms with E-state index >= 15 is 0 Å². The first-order valence-corrected chi connectivity index (χ1v) is 8.34. The lowest BCUT2D eigenvalue weighted by Crippen LogP contribution is -1.81. The molecule has 23 heavy (non-hydrogen) atoms. The van der Waals surface area contributed by atoms with Gasteiger partial charge in [-0.3, -0.25) is 0 Å². The monoisotopic (exact) mass is 326 g/mol. The van der Waals surface area contributed by atoms with E-state index in [4.69, 9.17) is 4.42 Å². The molecule has 3 rings (SSSR count). The van der Waals surface area contributed by atoms with Crippen molar-refractivity contribution in [2.75, 3.05) is 5.75 Å². The van der Waals surface area contributed by atoms with Crippen molar-refractivity contribution < 1.29 is 8.81 Å². The highest BCUT2D eigenvalue weighted by molar-refractivity contribution is 7.98. The molecule has 0 fully saturated rings. The van der Waals surface area contributed by atoms with Crippen LogP contribution in [0.5, 0.6) is 0 Å². The van der Waals surface area contributed by atoms with Gasteiger partial charge in [0, 0.05) is 11.3 Å². The third kappa shape index (κ3) is 4.53. The second-order valence-corrected chi connectivity index (χ2v) is 5.87. The summed E-state index contributed by atoms with van der Waals surface area (Å²) in [5, 5.41) is 8.01. The molecule has 1 heterocycles. The van der Waals surface area contributed by atoms with Gasteiger partial charge in [-0.25, -0.2) is 4.39 Å². The van der Waals surface area contributed by atoms with Gasteiger partial charge in [0.25, 0.3) is 0 Å². The van der Waals surface area contributed by atoms with Crippen molar-refractivity contribution >= 4 is 17.8 Å². The summed E-state index contributed by atoms with van der Waals surface area (Å²) in [7, 11) is 0. The number of hydrogen-bond acceptors (Lipinski definition) is 4. The number of nitrogens with zero attached hydrogens (tertiary/aromatic N) is 2. The highest BCUT2D eigenvalue weighted by Gasteiger charge is 2.08. The molecule has 0 atom stereocenters. The topological polar surface area (TPSA) is 38.9 Å². The Balaban J connectivity index is 1.50. The van der Waals surface area contributed by atoms with Gasteiger partial charge in [0.1, 0.15) is 5.82 Å². The zero-order valence-electron chi connectivity index (χ0n) is 12.4. The Kier molecular flexibility index (Phi) is 5.21. The summed E-state index contributed by atoms with van der Waals surface area (Å²) in [5.41, 5.74) is 1.91. The summed E-state index contributed by atoms with van der Waals surface area (Å²) < 4.78 is 18.5. The zero-order chi connectivity index (χ0) is 15.9. The van der Waals surface area contributed by atoms with E-state index < -0.39 is 0 Å². The maximum atomic E-state index is 12.9. The lowest BCUT2D eigenvalue weighted by molar-refractivity contribution is 0.528. The molecule has 0 radical (unpaired) electrons. The predicted molar refractivity (Wildman–Crippen MR) is 91.3 cm³/mol. The molecule has 2 aromatic carbocycles. The Morgan fingerprint density at radius 2 is 1.78 bits per heavy atom.